The van der Waals surface area contributed by atoms with Crippen LogP contribution in [0.3, 0.4) is 0 Å². The monoisotopic (exact) mass is 274 g/mol. The lowest BCUT2D eigenvalue weighted by Crippen LogP contribution is -2.23. The Hall–Kier alpha value is -0.400. The highest BCUT2D eigenvalue weighted by atomic mass is 32.2. The molecule has 0 bridgehead atoms. The van der Waals surface area contributed by atoms with Crippen LogP contribution in [-0.4, -0.2) is 46.3 Å². The number of anilines is 1. The van der Waals surface area contributed by atoms with Gasteiger partial charge in [-0.3, -0.25) is 0 Å². The molecule has 17 heavy (non-hydrogen) atoms. The number of hydrogen-bond donors (Lipinski definition) is 2. The van der Waals surface area contributed by atoms with Crippen LogP contribution in [0.5, 0.6) is 0 Å². The van der Waals surface area contributed by atoms with E-state index in [-0.39, 0.29) is 6.04 Å². The van der Waals surface area contributed by atoms with Gasteiger partial charge in [0.25, 0.3) is 0 Å². The van der Waals surface area contributed by atoms with Crippen molar-refractivity contribution in [2.45, 2.75) is 18.2 Å². The standard InChI is InChI=1S/C10H18N4OS2/c1-7(11-2)9-13-14-10(15-9)12-5-8-6-16-3-4-17-8/h7-8,11H,3-6H2,1-2H3,(H,12,14). The molecule has 1 aromatic heterocycles. The molecule has 0 spiro atoms. The predicted molar refractivity (Wildman–Crippen MR) is 73.8 cm³/mol. The second kappa shape index (κ2) is 6.51. The molecule has 7 heteroatoms. The molecular formula is C10H18N4OS2. The Kier molecular flexibility index (Phi) is 4.99. The van der Waals surface area contributed by atoms with E-state index in [0.29, 0.717) is 17.2 Å². The molecule has 0 aromatic carbocycles. The SMILES string of the molecule is CNC(C)c1nnc(NCC2CSCCS2)o1. The lowest BCUT2D eigenvalue weighted by Gasteiger charge is -2.20. The molecule has 2 atom stereocenters. The van der Waals surface area contributed by atoms with Gasteiger partial charge in [0.2, 0.25) is 5.89 Å². The van der Waals surface area contributed by atoms with Gasteiger partial charge in [-0.2, -0.15) is 23.5 Å². The number of aromatic nitrogens is 2. The number of rotatable bonds is 5. The van der Waals surface area contributed by atoms with Crippen LogP contribution in [0, 0.1) is 0 Å². The summed E-state index contributed by atoms with van der Waals surface area (Å²) in [5.74, 6) is 4.33. The highest BCUT2D eigenvalue weighted by molar-refractivity contribution is 8.06. The summed E-state index contributed by atoms with van der Waals surface area (Å²) in [6, 6.07) is 0.621. The fourth-order valence-electron chi connectivity index (χ4n) is 1.46. The number of hydrogen-bond acceptors (Lipinski definition) is 7. The smallest absolute Gasteiger partial charge is 0.315 e. The maximum absolute atomic E-state index is 5.52. The third-order valence-electron chi connectivity index (χ3n) is 2.61. The summed E-state index contributed by atoms with van der Waals surface area (Å²) in [6.45, 7) is 2.89. The van der Waals surface area contributed by atoms with Crippen molar-refractivity contribution in [1.29, 1.82) is 0 Å². The van der Waals surface area contributed by atoms with Crippen LogP contribution < -0.4 is 10.6 Å². The first kappa shape index (κ1) is 13.0. The zero-order chi connectivity index (χ0) is 12.1. The minimum atomic E-state index is 0.0951. The second-order valence-electron chi connectivity index (χ2n) is 3.90. The predicted octanol–water partition coefficient (Wildman–Crippen LogP) is 1.61. The van der Waals surface area contributed by atoms with Crippen LogP contribution in [0.25, 0.3) is 0 Å². The zero-order valence-corrected chi connectivity index (χ0v) is 11.7. The quantitative estimate of drug-likeness (QED) is 0.845. The van der Waals surface area contributed by atoms with Gasteiger partial charge in [-0.25, -0.2) is 0 Å². The molecule has 96 valence electrons. The van der Waals surface area contributed by atoms with Crippen molar-refractivity contribution in [3.63, 3.8) is 0 Å². The molecule has 0 saturated carbocycles. The van der Waals surface area contributed by atoms with Gasteiger partial charge < -0.3 is 15.1 Å². The van der Waals surface area contributed by atoms with Crippen LogP contribution in [-0.2, 0) is 0 Å². The van der Waals surface area contributed by atoms with E-state index < -0.39 is 0 Å². The zero-order valence-electron chi connectivity index (χ0n) is 10.1. The largest absolute Gasteiger partial charge is 0.406 e. The van der Waals surface area contributed by atoms with Crippen molar-refractivity contribution >= 4 is 29.5 Å². The van der Waals surface area contributed by atoms with E-state index in [0.717, 1.165) is 6.54 Å². The first-order chi connectivity index (χ1) is 8.29. The van der Waals surface area contributed by atoms with Crippen LogP contribution in [0.1, 0.15) is 18.9 Å². The average Bonchev–Trinajstić information content (AvgIpc) is 2.85. The molecule has 2 unspecified atom stereocenters. The second-order valence-corrected chi connectivity index (χ2v) is 6.46. The first-order valence-electron chi connectivity index (χ1n) is 5.73. The summed E-state index contributed by atoms with van der Waals surface area (Å²) in [5.41, 5.74) is 0. The van der Waals surface area contributed by atoms with E-state index in [1.807, 2.05) is 37.5 Å². The fraction of sp³-hybridized carbons (Fsp3) is 0.800. The topological polar surface area (TPSA) is 63.0 Å². The van der Waals surface area contributed by atoms with Crippen molar-refractivity contribution in [2.75, 3.05) is 36.2 Å². The third-order valence-corrected chi connectivity index (χ3v) is 5.45. The molecule has 2 heterocycles. The highest BCUT2D eigenvalue weighted by Crippen LogP contribution is 2.24. The Morgan fingerprint density at radius 1 is 1.47 bits per heavy atom. The van der Waals surface area contributed by atoms with Crippen molar-refractivity contribution in [1.82, 2.24) is 15.5 Å². The Bertz CT molecular complexity index is 341. The van der Waals surface area contributed by atoms with Crippen LogP contribution in [0.4, 0.5) is 6.01 Å². The Morgan fingerprint density at radius 3 is 3.06 bits per heavy atom. The lowest BCUT2D eigenvalue weighted by molar-refractivity contribution is 0.441. The summed E-state index contributed by atoms with van der Waals surface area (Å²) < 4.78 is 5.52. The molecule has 1 fully saturated rings. The Balaban J connectivity index is 1.80. The molecule has 2 rings (SSSR count). The van der Waals surface area contributed by atoms with Gasteiger partial charge in [-0.15, -0.1) is 5.10 Å². The molecule has 2 N–H and O–H groups in total. The van der Waals surface area contributed by atoms with Crippen molar-refractivity contribution in [3.05, 3.63) is 5.89 Å². The maximum atomic E-state index is 5.52. The van der Waals surface area contributed by atoms with Gasteiger partial charge in [0.15, 0.2) is 0 Å². The van der Waals surface area contributed by atoms with Gasteiger partial charge in [-0.05, 0) is 14.0 Å². The fourth-order valence-corrected chi connectivity index (χ4v) is 4.07. The van der Waals surface area contributed by atoms with Gasteiger partial charge in [0.05, 0.1) is 6.04 Å². The van der Waals surface area contributed by atoms with Crippen LogP contribution >= 0.6 is 23.5 Å². The summed E-state index contributed by atoms with van der Waals surface area (Å²) in [7, 11) is 1.87. The molecule has 0 aliphatic carbocycles. The molecular weight excluding hydrogens is 256 g/mol. The van der Waals surface area contributed by atoms with E-state index >= 15 is 0 Å². The van der Waals surface area contributed by atoms with E-state index in [4.69, 9.17) is 4.42 Å². The molecule has 1 aliphatic rings. The number of nitrogens with zero attached hydrogens (tertiary/aromatic N) is 2. The summed E-state index contributed by atoms with van der Waals surface area (Å²) in [4.78, 5) is 0. The lowest BCUT2D eigenvalue weighted by atomic mass is 10.3. The van der Waals surface area contributed by atoms with E-state index in [1.54, 1.807) is 0 Å². The van der Waals surface area contributed by atoms with Gasteiger partial charge in [0, 0.05) is 29.1 Å². The summed E-state index contributed by atoms with van der Waals surface area (Å²) in [5, 5.41) is 14.9. The Morgan fingerprint density at radius 2 is 2.35 bits per heavy atom. The minimum absolute atomic E-state index is 0.0951. The van der Waals surface area contributed by atoms with Crippen LogP contribution in [0.2, 0.25) is 0 Å². The van der Waals surface area contributed by atoms with E-state index in [2.05, 4.69) is 20.8 Å². The Labute approximate surface area is 110 Å². The molecule has 0 radical (unpaired) electrons. The first-order valence-corrected chi connectivity index (χ1v) is 7.94. The molecule has 0 amide bonds. The molecule has 1 aromatic rings. The molecule has 1 aliphatic heterocycles. The van der Waals surface area contributed by atoms with E-state index in [9.17, 15) is 0 Å². The molecule has 5 nitrogen and oxygen atoms in total. The summed E-state index contributed by atoms with van der Waals surface area (Å²) >= 11 is 4.03. The van der Waals surface area contributed by atoms with Crippen molar-refractivity contribution < 1.29 is 4.42 Å². The van der Waals surface area contributed by atoms with Gasteiger partial charge in [-0.1, -0.05) is 5.10 Å². The number of thioether (sulfide) groups is 2. The van der Waals surface area contributed by atoms with Gasteiger partial charge >= 0.3 is 6.01 Å². The number of nitrogens with one attached hydrogen (secondary N) is 2. The maximum Gasteiger partial charge on any atom is 0.315 e. The van der Waals surface area contributed by atoms with Crippen molar-refractivity contribution in [3.8, 4) is 0 Å². The average molecular weight is 274 g/mol. The third kappa shape index (κ3) is 3.79. The van der Waals surface area contributed by atoms with Gasteiger partial charge in [0.1, 0.15) is 0 Å². The highest BCUT2D eigenvalue weighted by Gasteiger charge is 2.16. The minimum Gasteiger partial charge on any atom is -0.406 e. The van der Waals surface area contributed by atoms with E-state index in [1.165, 1.54) is 17.3 Å². The van der Waals surface area contributed by atoms with Crippen LogP contribution in [0.15, 0.2) is 4.42 Å². The molecule has 1 saturated heterocycles. The summed E-state index contributed by atoms with van der Waals surface area (Å²) in [6.07, 6.45) is 0. The normalized spacial score (nSPS) is 22.4. The van der Waals surface area contributed by atoms with Crippen molar-refractivity contribution in [2.24, 2.45) is 0 Å².